The van der Waals surface area contributed by atoms with Crippen molar-refractivity contribution in [1.29, 1.82) is 0 Å². The van der Waals surface area contributed by atoms with Gasteiger partial charge >= 0.3 is 0 Å². The Hall–Kier alpha value is -2.33. The van der Waals surface area contributed by atoms with Crippen LogP contribution in [-0.4, -0.2) is 23.2 Å². The molecule has 0 N–H and O–H groups in total. The van der Waals surface area contributed by atoms with Crippen molar-refractivity contribution in [2.45, 2.75) is 13.0 Å². The maximum Gasteiger partial charge on any atom is 0.240 e. The highest BCUT2D eigenvalue weighted by Gasteiger charge is 2.44. The zero-order valence-corrected chi connectivity index (χ0v) is 13.3. The molecule has 2 aliphatic rings. The summed E-state index contributed by atoms with van der Waals surface area (Å²) in [6.07, 6.45) is 0. The molecule has 2 unspecified atom stereocenters. The van der Waals surface area contributed by atoms with Crippen molar-refractivity contribution in [2.24, 2.45) is 11.0 Å². The van der Waals surface area contributed by atoms with Crippen LogP contribution in [0.25, 0.3) is 0 Å². The van der Waals surface area contributed by atoms with Gasteiger partial charge in [0.1, 0.15) is 5.75 Å². The maximum absolute atomic E-state index is 12.1. The lowest BCUT2D eigenvalue weighted by atomic mass is 9.86. The third kappa shape index (κ3) is 2.30. The molecule has 0 saturated heterocycles. The van der Waals surface area contributed by atoms with E-state index in [4.69, 9.17) is 16.3 Å². The second-order valence-corrected chi connectivity index (χ2v) is 6.20. The zero-order valence-electron chi connectivity index (χ0n) is 12.6. The van der Waals surface area contributed by atoms with E-state index in [1.54, 1.807) is 11.1 Å². The van der Waals surface area contributed by atoms with Crippen LogP contribution in [0.2, 0.25) is 5.02 Å². The highest BCUT2D eigenvalue weighted by molar-refractivity contribution is 6.31. The summed E-state index contributed by atoms with van der Waals surface area (Å²) in [5.74, 6) is 0.693. The molecule has 4 nitrogen and oxygen atoms in total. The molecule has 2 atom stereocenters. The molecule has 23 heavy (non-hydrogen) atoms. The number of halogens is 1. The summed E-state index contributed by atoms with van der Waals surface area (Å²) in [6.45, 7) is 2.04. The molecule has 5 heteroatoms. The van der Waals surface area contributed by atoms with Gasteiger partial charge in [-0.3, -0.25) is 4.79 Å². The van der Waals surface area contributed by atoms with Crippen molar-refractivity contribution in [1.82, 2.24) is 5.01 Å². The minimum atomic E-state index is -0.143. The molecule has 0 fully saturated rings. The molecule has 116 valence electrons. The van der Waals surface area contributed by atoms with Crippen LogP contribution >= 0.6 is 11.6 Å². The van der Waals surface area contributed by atoms with Crippen LogP contribution in [0.5, 0.6) is 5.75 Å². The van der Waals surface area contributed by atoms with Gasteiger partial charge in [-0.05, 0) is 23.8 Å². The Morgan fingerprint density at radius 1 is 1.26 bits per heavy atom. The molecule has 2 aromatic carbocycles. The second-order valence-electron chi connectivity index (χ2n) is 5.76. The number of hydrogen-bond acceptors (Lipinski definition) is 3. The fourth-order valence-electron chi connectivity index (χ4n) is 3.29. The Balaban J connectivity index is 1.83. The molecule has 0 bridgehead atoms. The summed E-state index contributed by atoms with van der Waals surface area (Å²) in [6, 6.07) is 15.3. The summed E-state index contributed by atoms with van der Waals surface area (Å²) in [5.41, 5.74) is 2.80. The summed E-state index contributed by atoms with van der Waals surface area (Å²) >= 11 is 6.13. The molecule has 2 aromatic rings. The molecule has 0 spiro atoms. The Labute approximate surface area is 139 Å². The summed E-state index contributed by atoms with van der Waals surface area (Å²) in [7, 11) is 0. The number of hydrazone groups is 1. The number of hydrogen-bond donors (Lipinski definition) is 0. The average Bonchev–Trinajstić information content (AvgIpc) is 2.96. The normalized spacial score (nSPS) is 22.0. The first kappa shape index (κ1) is 14.3. The lowest BCUT2D eigenvalue weighted by molar-refractivity contribution is -0.131. The van der Waals surface area contributed by atoms with E-state index >= 15 is 0 Å². The minimum Gasteiger partial charge on any atom is -0.492 e. The van der Waals surface area contributed by atoms with Crippen molar-refractivity contribution in [3.63, 3.8) is 0 Å². The fourth-order valence-corrected chi connectivity index (χ4v) is 3.47. The maximum atomic E-state index is 12.1. The van der Waals surface area contributed by atoms with Crippen LogP contribution in [0.3, 0.4) is 0 Å². The molecule has 0 aromatic heterocycles. The van der Waals surface area contributed by atoms with Gasteiger partial charge in [-0.2, -0.15) is 5.10 Å². The highest BCUT2D eigenvalue weighted by atomic mass is 35.5. The lowest BCUT2D eigenvalue weighted by Crippen LogP contribution is -2.34. The third-order valence-corrected chi connectivity index (χ3v) is 4.55. The van der Waals surface area contributed by atoms with Crippen molar-refractivity contribution in [3.05, 3.63) is 64.7 Å². The second kappa shape index (κ2) is 5.39. The fraction of sp³-hybridized carbons (Fsp3) is 0.222. The molecule has 0 radical (unpaired) electrons. The number of carbonyl (C=O) groups is 1. The number of carbonyl (C=O) groups excluding carboxylic acids is 1. The predicted octanol–water partition coefficient (Wildman–Crippen LogP) is 3.66. The van der Waals surface area contributed by atoms with Crippen molar-refractivity contribution >= 4 is 23.2 Å². The number of ether oxygens (including phenoxy) is 1. The number of benzene rings is 2. The predicted molar refractivity (Wildman–Crippen MR) is 88.7 cm³/mol. The first-order chi connectivity index (χ1) is 11.1. The molecule has 4 rings (SSSR count). The van der Waals surface area contributed by atoms with Crippen molar-refractivity contribution in [3.8, 4) is 5.75 Å². The van der Waals surface area contributed by atoms with Crippen molar-refractivity contribution in [2.75, 3.05) is 6.61 Å². The van der Waals surface area contributed by atoms with Gasteiger partial charge in [-0.25, -0.2) is 5.01 Å². The van der Waals surface area contributed by atoms with Gasteiger partial charge in [-0.1, -0.05) is 41.9 Å². The van der Waals surface area contributed by atoms with E-state index in [1.807, 2.05) is 42.5 Å². The Morgan fingerprint density at radius 3 is 2.78 bits per heavy atom. The Morgan fingerprint density at radius 2 is 2.04 bits per heavy atom. The number of fused-ring (bicyclic) bond motifs is 3. The lowest BCUT2D eigenvalue weighted by Gasteiger charge is -2.29. The van der Waals surface area contributed by atoms with E-state index in [1.165, 1.54) is 6.92 Å². The van der Waals surface area contributed by atoms with Crippen LogP contribution in [0.1, 0.15) is 24.1 Å². The van der Waals surface area contributed by atoms with Crippen molar-refractivity contribution < 1.29 is 9.53 Å². The summed E-state index contributed by atoms with van der Waals surface area (Å²) < 4.78 is 5.89. The van der Waals surface area contributed by atoms with Gasteiger partial charge in [0.05, 0.1) is 24.3 Å². The SMILES string of the molecule is CC(=O)N1N=C2c3cc(Cl)ccc3OCC2C1c1ccccc1. The van der Waals surface area contributed by atoms with Gasteiger partial charge in [0.15, 0.2) is 0 Å². The number of rotatable bonds is 1. The molecule has 2 aliphatic heterocycles. The molecular weight excluding hydrogens is 312 g/mol. The summed E-state index contributed by atoms with van der Waals surface area (Å²) in [5, 5.41) is 6.81. The van der Waals surface area contributed by atoms with E-state index < -0.39 is 0 Å². The number of nitrogens with zero attached hydrogens (tertiary/aromatic N) is 2. The first-order valence-electron chi connectivity index (χ1n) is 7.51. The van der Waals surface area contributed by atoms with Crippen LogP contribution in [0.15, 0.2) is 53.6 Å². The summed E-state index contributed by atoms with van der Waals surface area (Å²) in [4.78, 5) is 12.1. The Bertz CT molecular complexity index is 804. The van der Waals surface area contributed by atoms with Gasteiger partial charge in [0.25, 0.3) is 0 Å². The van der Waals surface area contributed by atoms with E-state index in [0.29, 0.717) is 11.6 Å². The monoisotopic (exact) mass is 326 g/mol. The van der Waals surface area contributed by atoms with E-state index in [9.17, 15) is 4.79 Å². The van der Waals surface area contributed by atoms with Crippen LogP contribution in [0, 0.1) is 5.92 Å². The highest BCUT2D eigenvalue weighted by Crippen LogP contribution is 2.42. The van der Waals surface area contributed by atoms with E-state index in [2.05, 4.69) is 5.10 Å². The topological polar surface area (TPSA) is 41.9 Å². The van der Waals surface area contributed by atoms with E-state index in [0.717, 1.165) is 22.6 Å². The molecule has 2 heterocycles. The molecule has 0 aliphatic carbocycles. The standard InChI is InChI=1S/C18H15ClN2O2/c1-11(22)21-18(12-5-3-2-4-6-12)15-10-23-16-8-7-13(19)9-14(16)17(15)20-21/h2-9,15,18H,10H2,1H3. The third-order valence-electron chi connectivity index (χ3n) is 4.31. The molecule has 0 saturated carbocycles. The van der Waals surface area contributed by atoms with Gasteiger partial charge in [-0.15, -0.1) is 0 Å². The van der Waals surface area contributed by atoms with Crippen LogP contribution in [0.4, 0.5) is 0 Å². The van der Waals surface area contributed by atoms with Crippen LogP contribution in [-0.2, 0) is 4.79 Å². The van der Waals surface area contributed by atoms with Gasteiger partial charge in [0.2, 0.25) is 5.91 Å². The van der Waals surface area contributed by atoms with Gasteiger partial charge in [0, 0.05) is 17.5 Å². The molecule has 1 amide bonds. The number of amides is 1. The van der Waals surface area contributed by atoms with Crippen LogP contribution < -0.4 is 4.74 Å². The van der Waals surface area contributed by atoms with Gasteiger partial charge < -0.3 is 4.74 Å². The zero-order chi connectivity index (χ0) is 16.0. The smallest absolute Gasteiger partial charge is 0.240 e. The van der Waals surface area contributed by atoms with E-state index in [-0.39, 0.29) is 17.9 Å². The molecular formula is C18H15ClN2O2. The quantitative estimate of drug-likeness (QED) is 0.802. The average molecular weight is 327 g/mol. The first-order valence-corrected chi connectivity index (χ1v) is 7.89. The largest absolute Gasteiger partial charge is 0.492 e. The minimum absolute atomic E-state index is 0.00673. The Kier molecular flexibility index (Phi) is 3.34.